The number of imidazole rings is 1. The van der Waals surface area contributed by atoms with Crippen molar-refractivity contribution >= 4 is 62.2 Å². The van der Waals surface area contributed by atoms with E-state index in [0.29, 0.717) is 0 Å². The fourth-order valence-electron chi connectivity index (χ4n) is 11.4. The lowest BCUT2D eigenvalue weighted by atomic mass is 9.70. The quantitative estimate of drug-likeness (QED) is 0.125. The van der Waals surface area contributed by atoms with Gasteiger partial charge in [-0.25, -0.2) is 4.98 Å². The van der Waals surface area contributed by atoms with Gasteiger partial charge in [0.25, 0.3) is 0 Å². The summed E-state index contributed by atoms with van der Waals surface area (Å²) in [6, 6.07) is 88.3. The highest BCUT2D eigenvalue weighted by Gasteiger charge is 2.52. The first-order valence-electron chi connectivity index (χ1n) is 22.5. The minimum Gasteiger partial charge on any atom is -0.292 e. The third-order valence-electron chi connectivity index (χ3n) is 14.2. The first-order valence-corrected chi connectivity index (χ1v) is 23.8. The topological polar surface area (TPSA) is 17.3 Å². The Balaban J connectivity index is 0.919. The summed E-state index contributed by atoms with van der Waals surface area (Å²) in [4.78, 5) is 5.09. The first kappa shape index (κ1) is 36.6. The van der Waals surface area contributed by atoms with Crippen LogP contribution >= 0.6 is 7.92 Å². The van der Waals surface area contributed by atoms with Gasteiger partial charge in [0.05, 0.1) is 22.0 Å². The van der Waals surface area contributed by atoms with Gasteiger partial charge < -0.3 is 0 Å². The molecule has 2 heterocycles. The van der Waals surface area contributed by atoms with Crippen molar-refractivity contribution in [2.75, 3.05) is 0 Å². The Morgan fingerprint density at radius 2 is 0.831 bits per heavy atom. The molecule has 0 fully saturated rings. The van der Waals surface area contributed by atoms with Crippen LogP contribution < -0.4 is 15.9 Å². The van der Waals surface area contributed by atoms with Gasteiger partial charge in [0, 0.05) is 10.8 Å². The molecule has 10 aromatic carbocycles. The molecular formula is C62H39N2P. The van der Waals surface area contributed by atoms with Crippen LogP contribution in [0.25, 0.3) is 82.9 Å². The zero-order valence-corrected chi connectivity index (χ0v) is 36.3. The molecule has 12 aromatic rings. The van der Waals surface area contributed by atoms with E-state index in [0.717, 1.165) is 22.1 Å². The molecule has 0 unspecified atom stereocenters. The lowest BCUT2D eigenvalue weighted by Crippen LogP contribution is -2.28. The number of pyridine rings is 1. The highest BCUT2D eigenvalue weighted by atomic mass is 31.1. The Hall–Kier alpha value is -7.90. The van der Waals surface area contributed by atoms with Crippen LogP contribution in [0.5, 0.6) is 0 Å². The molecular weight excluding hydrogens is 804 g/mol. The van der Waals surface area contributed by atoms with Gasteiger partial charge in [0.2, 0.25) is 0 Å². The second-order valence-corrected chi connectivity index (χ2v) is 19.7. The van der Waals surface area contributed by atoms with Crippen LogP contribution in [-0.4, -0.2) is 9.38 Å². The average molecular weight is 843 g/mol. The van der Waals surface area contributed by atoms with Crippen LogP contribution in [0.2, 0.25) is 0 Å². The van der Waals surface area contributed by atoms with Gasteiger partial charge in [-0.05, 0) is 132 Å². The number of hydrogen-bond acceptors (Lipinski definition) is 1. The molecule has 2 aliphatic rings. The minimum absolute atomic E-state index is 0.460. The lowest BCUT2D eigenvalue weighted by Gasteiger charge is -2.31. The number of benzene rings is 10. The highest BCUT2D eigenvalue weighted by molar-refractivity contribution is 7.79. The van der Waals surface area contributed by atoms with Crippen molar-refractivity contribution in [3.8, 4) is 44.5 Å². The molecule has 2 aliphatic carbocycles. The maximum absolute atomic E-state index is 5.09. The Bertz CT molecular complexity index is 3800. The summed E-state index contributed by atoms with van der Waals surface area (Å²) in [5.74, 6) is 0. The van der Waals surface area contributed by atoms with Gasteiger partial charge in [-0.1, -0.05) is 200 Å². The summed E-state index contributed by atoms with van der Waals surface area (Å²) in [6.45, 7) is 0. The second kappa shape index (κ2) is 14.1. The normalized spacial score (nSPS) is 13.2. The lowest BCUT2D eigenvalue weighted by molar-refractivity contribution is 0.795. The molecule has 0 amide bonds. The summed E-state index contributed by atoms with van der Waals surface area (Å²) in [5, 5.41) is 7.69. The Morgan fingerprint density at radius 1 is 0.323 bits per heavy atom. The summed E-state index contributed by atoms with van der Waals surface area (Å²) >= 11 is 0. The number of para-hydroxylation sites is 2. The third-order valence-corrected chi connectivity index (χ3v) is 16.6. The third kappa shape index (κ3) is 5.24. The van der Waals surface area contributed by atoms with Crippen molar-refractivity contribution < 1.29 is 0 Å². The van der Waals surface area contributed by atoms with Gasteiger partial charge >= 0.3 is 0 Å². The monoisotopic (exact) mass is 842 g/mol. The Morgan fingerprint density at radius 3 is 1.52 bits per heavy atom. The summed E-state index contributed by atoms with van der Waals surface area (Å²) in [6.07, 6.45) is 0. The van der Waals surface area contributed by atoms with Crippen LogP contribution in [0, 0.1) is 0 Å². The number of hydrogen-bond donors (Lipinski definition) is 0. The number of fused-ring (bicyclic) bond motifs is 18. The molecule has 0 bridgehead atoms. The number of rotatable bonds is 5. The molecule has 2 nitrogen and oxygen atoms in total. The molecule has 0 N–H and O–H groups in total. The molecule has 0 saturated heterocycles. The molecule has 0 saturated carbocycles. The van der Waals surface area contributed by atoms with Crippen molar-refractivity contribution in [1.29, 1.82) is 0 Å². The van der Waals surface area contributed by atoms with E-state index in [1.54, 1.807) is 0 Å². The van der Waals surface area contributed by atoms with Gasteiger partial charge in [0.15, 0.2) is 0 Å². The summed E-state index contributed by atoms with van der Waals surface area (Å²) < 4.78 is 2.33. The van der Waals surface area contributed by atoms with Gasteiger partial charge in [-0.15, -0.1) is 0 Å². The van der Waals surface area contributed by atoms with Crippen LogP contribution in [-0.2, 0) is 5.41 Å². The zero-order valence-electron chi connectivity index (χ0n) is 35.4. The van der Waals surface area contributed by atoms with E-state index >= 15 is 0 Å². The predicted molar refractivity (Wildman–Crippen MR) is 274 cm³/mol. The van der Waals surface area contributed by atoms with E-state index in [-0.39, 0.29) is 0 Å². The zero-order chi connectivity index (χ0) is 42.6. The smallest absolute Gasteiger partial charge is 0.146 e. The molecule has 3 heteroatoms. The number of aromatic nitrogens is 2. The summed E-state index contributed by atoms with van der Waals surface area (Å²) in [5.41, 5.74) is 19.4. The van der Waals surface area contributed by atoms with Crippen LogP contribution in [0.4, 0.5) is 0 Å². The van der Waals surface area contributed by atoms with Crippen molar-refractivity contribution in [3.63, 3.8) is 0 Å². The standard InChI is InChI=1S/C62H39N2P/c1-3-15-44(16-4-1)65(45-17-5-2-6-18-45)46-33-35-51-50-34-31-43(38-56(50)62(57(51)39-46)54-23-11-9-20-48(54)49-21-10-12-24-55(49)62)41-29-27-40(28-30-41)42-32-36-59-53(37-42)47-19-7-8-22-52(47)61-63-58-25-13-14-26-60(58)64(59)61/h1-39H. The fourth-order valence-corrected chi connectivity index (χ4v) is 13.7. The van der Waals surface area contributed by atoms with Crippen molar-refractivity contribution in [1.82, 2.24) is 9.38 Å². The SMILES string of the molecule is c1ccc(P(c2ccccc2)c2ccc3c(c2)C2(c4ccccc4-c4ccccc42)c2cc(-c4ccc(-c5ccc6c(c5)c5ccccc5c5nc7ccccc7n65)cc4)ccc2-3)cc1. The van der Waals surface area contributed by atoms with E-state index in [4.69, 9.17) is 4.98 Å². The second-order valence-electron chi connectivity index (χ2n) is 17.5. The largest absolute Gasteiger partial charge is 0.292 e. The van der Waals surface area contributed by atoms with Crippen LogP contribution in [0.1, 0.15) is 22.3 Å². The average Bonchev–Trinajstić information content (AvgIpc) is 4.02. The predicted octanol–water partition coefficient (Wildman–Crippen LogP) is 14.2. The molecule has 0 radical (unpaired) electrons. The molecule has 0 atom stereocenters. The molecule has 0 aliphatic heterocycles. The van der Waals surface area contributed by atoms with E-state index in [1.807, 2.05) is 0 Å². The van der Waals surface area contributed by atoms with Crippen molar-refractivity contribution in [3.05, 3.63) is 259 Å². The molecule has 14 rings (SSSR count). The van der Waals surface area contributed by atoms with Gasteiger partial charge in [-0.2, -0.15) is 0 Å². The van der Waals surface area contributed by atoms with Crippen molar-refractivity contribution in [2.24, 2.45) is 0 Å². The minimum atomic E-state index is -0.795. The molecule has 302 valence electrons. The van der Waals surface area contributed by atoms with E-state index in [1.165, 1.54) is 99.0 Å². The van der Waals surface area contributed by atoms with E-state index in [9.17, 15) is 0 Å². The first-order chi connectivity index (χ1) is 32.2. The van der Waals surface area contributed by atoms with E-state index in [2.05, 4.69) is 241 Å². The molecule has 1 spiro atoms. The van der Waals surface area contributed by atoms with Gasteiger partial charge in [0.1, 0.15) is 5.65 Å². The number of nitrogens with zero attached hydrogens (tertiary/aromatic N) is 2. The molecule has 65 heavy (non-hydrogen) atoms. The summed E-state index contributed by atoms with van der Waals surface area (Å²) in [7, 11) is -0.795. The molecule has 2 aromatic heterocycles. The maximum Gasteiger partial charge on any atom is 0.146 e. The van der Waals surface area contributed by atoms with Crippen molar-refractivity contribution in [2.45, 2.75) is 5.41 Å². The Kier molecular flexibility index (Phi) is 7.91. The van der Waals surface area contributed by atoms with Gasteiger partial charge in [-0.3, -0.25) is 4.40 Å². The van der Waals surface area contributed by atoms with Crippen LogP contribution in [0.15, 0.2) is 237 Å². The van der Waals surface area contributed by atoms with Crippen LogP contribution in [0.3, 0.4) is 0 Å². The Labute approximate surface area is 378 Å². The van der Waals surface area contributed by atoms with E-state index < -0.39 is 13.3 Å². The maximum atomic E-state index is 5.09. The fraction of sp³-hybridized carbons (Fsp3) is 0.0161. The highest BCUT2D eigenvalue weighted by Crippen LogP contribution is 2.63.